The van der Waals surface area contributed by atoms with Gasteiger partial charge in [-0.3, -0.25) is 4.79 Å². The van der Waals surface area contributed by atoms with Gasteiger partial charge in [-0.2, -0.15) is 0 Å². The Bertz CT molecular complexity index is 399. The van der Waals surface area contributed by atoms with Crippen molar-refractivity contribution in [2.75, 3.05) is 0 Å². The summed E-state index contributed by atoms with van der Waals surface area (Å²) >= 11 is 0. The van der Waals surface area contributed by atoms with Gasteiger partial charge < -0.3 is 10.5 Å². The third-order valence-electron chi connectivity index (χ3n) is 2.05. The fourth-order valence-electron chi connectivity index (χ4n) is 1.38. The Morgan fingerprint density at radius 1 is 1.47 bits per heavy atom. The molecular weight excluding hydrogens is 221 g/mol. The number of carbonyl (C=O) groups is 1. The molecule has 3 nitrogen and oxygen atoms in total. The van der Waals surface area contributed by atoms with Gasteiger partial charge in [0.15, 0.2) is 0 Å². The maximum Gasteiger partial charge on any atom is 0.323 e. The van der Waals surface area contributed by atoms with Crippen molar-refractivity contribution in [3.8, 4) is 0 Å². The van der Waals surface area contributed by atoms with Crippen LogP contribution in [0, 0.1) is 5.82 Å². The number of hydrogen-bond acceptors (Lipinski definition) is 3. The Hall–Kier alpha value is -1.42. The van der Waals surface area contributed by atoms with Gasteiger partial charge >= 0.3 is 5.97 Å². The van der Waals surface area contributed by atoms with Crippen molar-refractivity contribution < 1.29 is 13.9 Å². The first-order chi connectivity index (χ1) is 7.78. The van der Waals surface area contributed by atoms with Gasteiger partial charge in [-0.25, -0.2) is 4.39 Å². The monoisotopic (exact) mass is 239 g/mol. The van der Waals surface area contributed by atoms with Gasteiger partial charge in [0.1, 0.15) is 17.5 Å². The highest BCUT2D eigenvalue weighted by Crippen LogP contribution is 2.11. The molecule has 0 aliphatic rings. The molecule has 4 heteroatoms. The third-order valence-corrected chi connectivity index (χ3v) is 2.05. The summed E-state index contributed by atoms with van der Waals surface area (Å²) in [6, 6.07) is 5.27. The second kappa shape index (κ2) is 5.27. The molecule has 0 bridgehead atoms. The highest BCUT2D eigenvalue weighted by Gasteiger charge is 2.22. The average Bonchev–Trinajstić information content (AvgIpc) is 2.14. The molecule has 1 aromatic carbocycles. The largest absolute Gasteiger partial charge is 0.459 e. The minimum absolute atomic E-state index is 0.271. The smallest absolute Gasteiger partial charge is 0.323 e. The highest BCUT2D eigenvalue weighted by atomic mass is 19.1. The molecule has 0 spiro atoms. The quantitative estimate of drug-likeness (QED) is 0.821. The van der Waals surface area contributed by atoms with Crippen LogP contribution in [-0.4, -0.2) is 17.6 Å². The minimum atomic E-state index is -0.768. The van der Waals surface area contributed by atoms with Crippen LogP contribution in [0.3, 0.4) is 0 Å². The molecule has 2 N–H and O–H groups in total. The van der Waals surface area contributed by atoms with Crippen molar-refractivity contribution in [2.45, 2.75) is 38.8 Å². The van der Waals surface area contributed by atoms with Crippen LogP contribution < -0.4 is 5.73 Å². The summed E-state index contributed by atoms with van der Waals surface area (Å²) in [7, 11) is 0. The summed E-state index contributed by atoms with van der Waals surface area (Å²) in [6.07, 6.45) is 0.271. The summed E-state index contributed by atoms with van der Waals surface area (Å²) in [6.45, 7) is 5.33. The van der Waals surface area contributed by atoms with Crippen LogP contribution in [0.4, 0.5) is 4.39 Å². The topological polar surface area (TPSA) is 52.3 Å². The van der Waals surface area contributed by atoms with Crippen molar-refractivity contribution >= 4 is 5.97 Å². The molecule has 0 saturated heterocycles. The zero-order valence-electron chi connectivity index (χ0n) is 10.4. The van der Waals surface area contributed by atoms with Gasteiger partial charge in [-0.15, -0.1) is 0 Å². The number of hydrogen-bond donors (Lipinski definition) is 1. The molecule has 94 valence electrons. The normalized spacial score (nSPS) is 13.2. The van der Waals surface area contributed by atoms with Gasteiger partial charge in [-0.1, -0.05) is 12.1 Å². The number of nitrogens with two attached hydrogens (primary N) is 1. The number of rotatable bonds is 3. The van der Waals surface area contributed by atoms with Gasteiger partial charge in [0.05, 0.1) is 0 Å². The Kier molecular flexibility index (Phi) is 4.23. The van der Waals surface area contributed by atoms with Crippen LogP contribution in [0.2, 0.25) is 0 Å². The Morgan fingerprint density at radius 2 is 2.12 bits per heavy atom. The van der Waals surface area contributed by atoms with Gasteiger partial charge in [0.2, 0.25) is 0 Å². The van der Waals surface area contributed by atoms with Gasteiger partial charge in [0.25, 0.3) is 0 Å². The van der Waals surface area contributed by atoms with E-state index in [1.807, 2.05) is 0 Å². The standard InChI is InChI=1S/C13H18FNO2/c1-13(2,3)17-12(16)11(15)8-9-5-4-6-10(14)7-9/h4-7,11H,8,15H2,1-3H3/t11-/m1/s1. The lowest BCUT2D eigenvalue weighted by molar-refractivity contribution is -0.156. The van der Waals surface area contributed by atoms with Crippen LogP contribution in [0.5, 0.6) is 0 Å². The highest BCUT2D eigenvalue weighted by molar-refractivity contribution is 5.76. The van der Waals surface area contributed by atoms with E-state index in [0.29, 0.717) is 5.56 Å². The summed E-state index contributed by atoms with van der Waals surface area (Å²) in [5, 5.41) is 0. The number of carbonyl (C=O) groups excluding carboxylic acids is 1. The Labute approximate surface area is 101 Å². The Balaban J connectivity index is 2.60. The lowest BCUT2D eigenvalue weighted by atomic mass is 10.1. The molecule has 0 saturated carbocycles. The second-order valence-corrected chi connectivity index (χ2v) is 4.97. The number of halogens is 1. The molecule has 1 atom stereocenters. The molecule has 17 heavy (non-hydrogen) atoms. The molecule has 0 heterocycles. The summed E-state index contributed by atoms with van der Waals surface area (Å²) < 4.78 is 18.1. The van der Waals surface area contributed by atoms with E-state index in [4.69, 9.17) is 10.5 Å². The predicted octanol–water partition coefficient (Wildman–Crippen LogP) is 2.04. The van der Waals surface area contributed by atoms with E-state index in [1.54, 1.807) is 32.9 Å². The molecular formula is C13H18FNO2. The first kappa shape index (κ1) is 13.6. The molecule has 0 aliphatic carbocycles. The van der Waals surface area contributed by atoms with E-state index in [2.05, 4.69) is 0 Å². The lowest BCUT2D eigenvalue weighted by Crippen LogP contribution is -2.38. The first-order valence-corrected chi connectivity index (χ1v) is 5.51. The zero-order chi connectivity index (χ0) is 13.1. The summed E-state index contributed by atoms with van der Waals surface area (Å²) in [5.41, 5.74) is 5.83. The van der Waals surface area contributed by atoms with Crippen LogP contribution in [0.25, 0.3) is 0 Å². The van der Waals surface area contributed by atoms with Crippen molar-refractivity contribution in [3.05, 3.63) is 35.6 Å². The maximum absolute atomic E-state index is 12.9. The molecule has 0 fully saturated rings. The molecule has 1 rings (SSSR count). The van der Waals surface area contributed by atoms with Crippen LogP contribution in [0.15, 0.2) is 24.3 Å². The zero-order valence-corrected chi connectivity index (χ0v) is 10.4. The van der Waals surface area contributed by atoms with Gasteiger partial charge in [0, 0.05) is 0 Å². The van der Waals surface area contributed by atoms with E-state index in [0.717, 1.165) is 0 Å². The number of benzene rings is 1. The summed E-state index contributed by atoms with van der Waals surface area (Å²) in [4.78, 5) is 11.6. The van der Waals surface area contributed by atoms with Crippen LogP contribution >= 0.6 is 0 Å². The fraction of sp³-hybridized carbons (Fsp3) is 0.462. The number of ether oxygens (including phenoxy) is 1. The van der Waals surface area contributed by atoms with Gasteiger partial charge in [-0.05, 0) is 44.9 Å². The minimum Gasteiger partial charge on any atom is -0.459 e. The van der Waals surface area contributed by atoms with Crippen molar-refractivity contribution in [1.29, 1.82) is 0 Å². The van der Waals surface area contributed by atoms with Crippen molar-refractivity contribution in [2.24, 2.45) is 5.73 Å². The molecule has 0 radical (unpaired) electrons. The van der Waals surface area contributed by atoms with Crippen LogP contribution in [-0.2, 0) is 16.0 Å². The van der Waals surface area contributed by atoms with E-state index in [1.165, 1.54) is 12.1 Å². The van der Waals surface area contributed by atoms with Crippen molar-refractivity contribution in [3.63, 3.8) is 0 Å². The fourth-order valence-corrected chi connectivity index (χ4v) is 1.38. The Morgan fingerprint density at radius 3 is 2.65 bits per heavy atom. The number of esters is 1. The van der Waals surface area contributed by atoms with Crippen LogP contribution in [0.1, 0.15) is 26.3 Å². The SMILES string of the molecule is CC(C)(C)OC(=O)[C@H](N)Cc1cccc(F)c1. The summed E-state index contributed by atoms with van der Waals surface area (Å²) in [5.74, 6) is -0.805. The first-order valence-electron chi connectivity index (χ1n) is 5.51. The lowest BCUT2D eigenvalue weighted by Gasteiger charge is -2.22. The molecule has 0 aliphatic heterocycles. The second-order valence-electron chi connectivity index (χ2n) is 4.97. The average molecular weight is 239 g/mol. The van der Waals surface area contributed by atoms with E-state index in [-0.39, 0.29) is 12.2 Å². The third kappa shape index (κ3) is 4.95. The van der Waals surface area contributed by atoms with E-state index >= 15 is 0 Å². The van der Waals surface area contributed by atoms with Crippen molar-refractivity contribution in [1.82, 2.24) is 0 Å². The molecule has 0 unspecified atom stereocenters. The maximum atomic E-state index is 12.9. The predicted molar refractivity (Wildman–Crippen MR) is 63.9 cm³/mol. The molecule has 0 aromatic heterocycles. The van der Waals surface area contributed by atoms with E-state index < -0.39 is 17.6 Å². The van der Waals surface area contributed by atoms with E-state index in [9.17, 15) is 9.18 Å². The molecule has 0 amide bonds. The molecule has 1 aromatic rings.